The summed E-state index contributed by atoms with van der Waals surface area (Å²) >= 11 is 0. The number of carbonyl (C=O) groups is 2. The van der Waals surface area contributed by atoms with E-state index in [1.54, 1.807) is 36.7 Å². The number of hydrogen-bond donors (Lipinski definition) is 1. The molecule has 1 unspecified atom stereocenters. The maximum atomic E-state index is 13.6. The third-order valence-corrected chi connectivity index (χ3v) is 5.59. The lowest BCUT2D eigenvalue weighted by Crippen LogP contribution is -2.31. The topological polar surface area (TPSA) is 83.6 Å². The number of fused-ring (bicyclic) bond motifs is 1. The zero-order chi connectivity index (χ0) is 22.4. The third kappa shape index (κ3) is 3.17. The Kier molecular flexibility index (Phi) is 4.63. The monoisotopic (exact) mass is 424 g/mol. The molecule has 0 aliphatic carbocycles. The minimum absolute atomic E-state index is 0.0267. The third-order valence-electron chi connectivity index (χ3n) is 5.59. The second kappa shape index (κ2) is 7.50. The Morgan fingerprint density at radius 1 is 1.03 bits per heavy atom. The highest BCUT2D eigenvalue weighted by Gasteiger charge is 2.45. The molecular formula is C26H20N2O4. The van der Waals surface area contributed by atoms with E-state index in [0.717, 1.165) is 16.5 Å². The first-order valence-electron chi connectivity index (χ1n) is 10.2. The number of rotatable bonds is 4. The van der Waals surface area contributed by atoms with Gasteiger partial charge in [-0.2, -0.15) is 0 Å². The fourth-order valence-corrected chi connectivity index (χ4v) is 4.27. The van der Waals surface area contributed by atoms with E-state index in [9.17, 15) is 14.7 Å². The van der Waals surface area contributed by atoms with Crippen LogP contribution >= 0.6 is 0 Å². The summed E-state index contributed by atoms with van der Waals surface area (Å²) in [6, 6.07) is 17.3. The number of anilines is 1. The van der Waals surface area contributed by atoms with E-state index in [0.29, 0.717) is 16.8 Å². The molecule has 2 aromatic carbocycles. The van der Waals surface area contributed by atoms with E-state index in [1.165, 1.54) is 4.90 Å². The normalized spacial score (nSPS) is 16.2. The molecule has 1 N–H and O–H groups in total. The molecule has 6 nitrogen and oxygen atoms in total. The second-order valence-corrected chi connectivity index (χ2v) is 7.95. The van der Waals surface area contributed by atoms with Gasteiger partial charge in [0.1, 0.15) is 5.58 Å². The first kappa shape index (κ1) is 19.8. The standard InChI is InChI=1S/C26H20N2O4/c1-15-10-16(2)12-19(11-15)28-23(18-7-5-9-27-14-18)22(25(30)26(28)31)24(29)21-13-17-6-3-4-8-20(17)32-21/h3-14,23,30H,1-2H3. The molecule has 6 heteroatoms. The van der Waals surface area contributed by atoms with Gasteiger partial charge < -0.3 is 9.52 Å². The maximum Gasteiger partial charge on any atom is 0.294 e. The Bertz CT molecular complexity index is 1350. The van der Waals surface area contributed by atoms with Gasteiger partial charge in [0.25, 0.3) is 5.91 Å². The molecule has 0 spiro atoms. The molecule has 1 aliphatic heterocycles. The summed E-state index contributed by atoms with van der Waals surface area (Å²) in [5.74, 6) is -1.68. The predicted octanol–water partition coefficient (Wildman–Crippen LogP) is 5.23. The summed E-state index contributed by atoms with van der Waals surface area (Å²) in [7, 11) is 0. The van der Waals surface area contributed by atoms with Crippen LogP contribution in [-0.2, 0) is 4.79 Å². The minimum atomic E-state index is -0.835. The number of hydrogen-bond acceptors (Lipinski definition) is 5. The molecule has 5 rings (SSSR count). The second-order valence-electron chi connectivity index (χ2n) is 7.95. The summed E-state index contributed by atoms with van der Waals surface area (Å²) in [5, 5.41) is 11.6. The number of pyridine rings is 1. The van der Waals surface area contributed by atoms with Gasteiger partial charge in [0.15, 0.2) is 11.5 Å². The Balaban J connectivity index is 1.67. The minimum Gasteiger partial charge on any atom is -0.503 e. The van der Waals surface area contributed by atoms with Crippen LogP contribution in [0.5, 0.6) is 0 Å². The smallest absolute Gasteiger partial charge is 0.294 e. The van der Waals surface area contributed by atoms with E-state index in [1.807, 2.05) is 50.2 Å². The Labute approximate surface area is 184 Å². The van der Waals surface area contributed by atoms with Crippen molar-refractivity contribution in [3.05, 3.63) is 107 Å². The van der Waals surface area contributed by atoms with Crippen molar-refractivity contribution in [2.75, 3.05) is 4.90 Å². The van der Waals surface area contributed by atoms with Crippen molar-refractivity contribution in [3.63, 3.8) is 0 Å². The molecule has 0 fully saturated rings. The average molecular weight is 424 g/mol. The Morgan fingerprint density at radius 3 is 2.47 bits per heavy atom. The van der Waals surface area contributed by atoms with Gasteiger partial charge in [-0.3, -0.25) is 19.5 Å². The molecule has 0 radical (unpaired) electrons. The van der Waals surface area contributed by atoms with Gasteiger partial charge in [-0.1, -0.05) is 30.3 Å². The molecule has 158 valence electrons. The van der Waals surface area contributed by atoms with Gasteiger partial charge in [0.05, 0.1) is 11.6 Å². The lowest BCUT2D eigenvalue weighted by Gasteiger charge is -2.27. The van der Waals surface area contributed by atoms with Crippen LogP contribution < -0.4 is 4.90 Å². The zero-order valence-electron chi connectivity index (χ0n) is 17.6. The van der Waals surface area contributed by atoms with Crippen molar-refractivity contribution in [3.8, 4) is 0 Å². The summed E-state index contributed by atoms with van der Waals surface area (Å²) < 4.78 is 5.75. The van der Waals surface area contributed by atoms with Crippen LogP contribution in [0.3, 0.4) is 0 Å². The maximum absolute atomic E-state index is 13.6. The Hall–Kier alpha value is -4.19. The van der Waals surface area contributed by atoms with Crippen LogP contribution in [0.25, 0.3) is 11.0 Å². The highest BCUT2D eigenvalue weighted by atomic mass is 16.3. The molecule has 4 aromatic rings. The molecule has 3 heterocycles. The van der Waals surface area contributed by atoms with Crippen LogP contribution in [0.2, 0.25) is 0 Å². The van der Waals surface area contributed by atoms with Crippen LogP contribution in [-0.4, -0.2) is 21.8 Å². The highest BCUT2D eigenvalue weighted by Crippen LogP contribution is 2.42. The quantitative estimate of drug-likeness (QED) is 0.454. The molecule has 1 aliphatic rings. The fourth-order valence-electron chi connectivity index (χ4n) is 4.27. The van der Waals surface area contributed by atoms with E-state index < -0.39 is 23.5 Å². The van der Waals surface area contributed by atoms with Crippen molar-refractivity contribution < 1.29 is 19.1 Å². The number of aliphatic hydroxyl groups is 1. The zero-order valence-corrected chi connectivity index (χ0v) is 17.6. The summed E-state index contributed by atoms with van der Waals surface area (Å²) in [6.07, 6.45) is 3.21. The molecule has 1 atom stereocenters. The number of amides is 1. The number of carbonyl (C=O) groups excluding carboxylic acids is 2. The lowest BCUT2D eigenvalue weighted by molar-refractivity contribution is -0.117. The predicted molar refractivity (Wildman–Crippen MR) is 121 cm³/mol. The van der Waals surface area contributed by atoms with Gasteiger partial charge in [0.2, 0.25) is 5.78 Å². The van der Waals surface area contributed by atoms with Gasteiger partial charge in [-0.15, -0.1) is 0 Å². The number of furan rings is 1. The van der Waals surface area contributed by atoms with Gasteiger partial charge in [0, 0.05) is 23.5 Å². The van der Waals surface area contributed by atoms with Crippen molar-refractivity contribution in [1.29, 1.82) is 0 Å². The van der Waals surface area contributed by atoms with Crippen LogP contribution in [0.4, 0.5) is 5.69 Å². The van der Waals surface area contributed by atoms with Crippen LogP contribution in [0.1, 0.15) is 33.3 Å². The number of Topliss-reactive ketones (excluding diaryl/α,β-unsaturated/α-hetero) is 1. The number of para-hydroxylation sites is 1. The number of ketones is 1. The fraction of sp³-hybridized carbons (Fsp3) is 0.115. The highest BCUT2D eigenvalue weighted by molar-refractivity contribution is 6.20. The van der Waals surface area contributed by atoms with Crippen molar-refractivity contribution in [2.45, 2.75) is 19.9 Å². The number of benzene rings is 2. The molecule has 0 saturated heterocycles. The first-order chi connectivity index (χ1) is 15.4. The largest absolute Gasteiger partial charge is 0.503 e. The van der Waals surface area contributed by atoms with Crippen molar-refractivity contribution >= 4 is 28.3 Å². The summed E-state index contributed by atoms with van der Waals surface area (Å²) in [5.41, 5.74) is 3.68. The van der Waals surface area contributed by atoms with Crippen LogP contribution in [0.15, 0.2) is 88.8 Å². The number of aryl methyl sites for hydroxylation is 2. The number of nitrogens with zero attached hydrogens (tertiary/aromatic N) is 2. The number of aromatic nitrogens is 1. The van der Waals surface area contributed by atoms with E-state index in [4.69, 9.17) is 4.42 Å². The van der Waals surface area contributed by atoms with Gasteiger partial charge >= 0.3 is 0 Å². The molecular weight excluding hydrogens is 404 g/mol. The summed E-state index contributed by atoms with van der Waals surface area (Å²) in [6.45, 7) is 3.87. The molecule has 32 heavy (non-hydrogen) atoms. The van der Waals surface area contributed by atoms with E-state index in [-0.39, 0.29) is 11.3 Å². The van der Waals surface area contributed by atoms with E-state index >= 15 is 0 Å². The molecule has 1 amide bonds. The lowest BCUT2D eigenvalue weighted by atomic mass is 9.95. The first-order valence-corrected chi connectivity index (χ1v) is 10.2. The summed E-state index contributed by atoms with van der Waals surface area (Å²) in [4.78, 5) is 32.4. The molecule has 2 aromatic heterocycles. The van der Waals surface area contributed by atoms with Gasteiger partial charge in [-0.05, 0) is 60.9 Å². The molecule has 0 bridgehead atoms. The Morgan fingerprint density at radius 2 is 1.78 bits per heavy atom. The number of aliphatic hydroxyl groups excluding tert-OH is 1. The molecule has 0 saturated carbocycles. The van der Waals surface area contributed by atoms with Crippen molar-refractivity contribution in [2.24, 2.45) is 0 Å². The van der Waals surface area contributed by atoms with Crippen molar-refractivity contribution in [1.82, 2.24) is 4.98 Å². The van der Waals surface area contributed by atoms with E-state index in [2.05, 4.69) is 4.98 Å². The van der Waals surface area contributed by atoms with Gasteiger partial charge in [-0.25, -0.2) is 0 Å². The average Bonchev–Trinajstić information content (AvgIpc) is 3.33. The van der Waals surface area contributed by atoms with Crippen LogP contribution in [0, 0.1) is 13.8 Å². The SMILES string of the molecule is Cc1cc(C)cc(N2C(=O)C(O)=C(C(=O)c3cc4ccccc4o3)C2c2cccnc2)c1.